The summed E-state index contributed by atoms with van der Waals surface area (Å²) in [6, 6.07) is 0. The first-order chi connectivity index (χ1) is 8.60. The summed E-state index contributed by atoms with van der Waals surface area (Å²) < 4.78 is 0. The minimum Gasteiger partial charge on any atom is -0.391 e. The fourth-order valence-electron chi connectivity index (χ4n) is 1.93. The Kier molecular flexibility index (Phi) is 5.85. The zero-order chi connectivity index (χ0) is 13.5. The largest absolute Gasteiger partial charge is 0.391 e. The van der Waals surface area contributed by atoms with Gasteiger partial charge in [-0.15, -0.1) is 0 Å². The van der Waals surface area contributed by atoms with Crippen LogP contribution in [0.1, 0.15) is 45.1 Å². The van der Waals surface area contributed by atoms with Crippen LogP contribution in [-0.4, -0.2) is 34.8 Å². The van der Waals surface area contributed by atoms with Crippen LogP contribution < -0.4 is 10.6 Å². The maximum absolute atomic E-state index is 9.74. The van der Waals surface area contributed by atoms with Gasteiger partial charge < -0.3 is 15.7 Å². The van der Waals surface area contributed by atoms with Crippen molar-refractivity contribution in [1.82, 2.24) is 9.97 Å². The van der Waals surface area contributed by atoms with Crippen molar-refractivity contribution < 1.29 is 5.11 Å². The van der Waals surface area contributed by atoms with Crippen molar-refractivity contribution in [2.45, 2.75) is 45.6 Å². The second kappa shape index (κ2) is 7.16. The molecular formula is C13H24N4O. The molecule has 18 heavy (non-hydrogen) atoms. The monoisotopic (exact) mass is 252 g/mol. The second-order valence-corrected chi connectivity index (χ2v) is 4.71. The van der Waals surface area contributed by atoms with Crippen LogP contribution in [0.2, 0.25) is 0 Å². The predicted octanol–water partition coefficient (Wildman–Crippen LogP) is 2.21. The lowest BCUT2D eigenvalue weighted by atomic mass is 10.0. The van der Waals surface area contributed by atoms with Gasteiger partial charge in [0.2, 0.25) is 0 Å². The second-order valence-electron chi connectivity index (χ2n) is 4.71. The van der Waals surface area contributed by atoms with Gasteiger partial charge in [0.05, 0.1) is 6.10 Å². The third-order valence-electron chi connectivity index (χ3n) is 2.83. The van der Waals surface area contributed by atoms with E-state index in [1.54, 1.807) is 0 Å². The number of aromatic nitrogens is 2. The normalized spacial score (nSPS) is 12.6. The van der Waals surface area contributed by atoms with Crippen LogP contribution in [-0.2, 0) is 0 Å². The van der Waals surface area contributed by atoms with E-state index in [4.69, 9.17) is 0 Å². The van der Waals surface area contributed by atoms with Crippen LogP contribution in [0.3, 0.4) is 0 Å². The molecule has 0 aliphatic heterocycles. The molecule has 0 fully saturated rings. The van der Waals surface area contributed by atoms with Crippen molar-refractivity contribution in [3.05, 3.63) is 11.9 Å². The van der Waals surface area contributed by atoms with Gasteiger partial charge >= 0.3 is 0 Å². The van der Waals surface area contributed by atoms with Crippen LogP contribution in [0.4, 0.5) is 11.6 Å². The minimum absolute atomic E-state index is 0.319. The van der Waals surface area contributed by atoms with Crippen LogP contribution >= 0.6 is 0 Å². The molecule has 1 atom stereocenters. The Morgan fingerprint density at radius 3 is 2.50 bits per heavy atom. The van der Waals surface area contributed by atoms with E-state index in [2.05, 4.69) is 41.4 Å². The maximum Gasteiger partial charge on any atom is 0.135 e. The number of rotatable bonds is 7. The molecule has 0 aliphatic rings. The fraction of sp³-hybridized carbons (Fsp3) is 0.692. The average Bonchev–Trinajstić information content (AvgIpc) is 2.35. The Hall–Kier alpha value is -1.36. The van der Waals surface area contributed by atoms with Crippen molar-refractivity contribution in [2.24, 2.45) is 0 Å². The summed E-state index contributed by atoms with van der Waals surface area (Å²) in [6.45, 7) is 6.79. The van der Waals surface area contributed by atoms with E-state index < -0.39 is 0 Å². The first-order valence-corrected chi connectivity index (χ1v) is 6.54. The smallest absolute Gasteiger partial charge is 0.135 e. The highest BCUT2D eigenvalue weighted by molar-refractivity contribution is 5.58. The molecule has 3 N–H and O–H groups in total. The Morgan fingerprint density at radius 1 is 1.28 bits per heavy atom. The Labute approximate surface area is 109 Å². The van der Waals surface area contributed by atoms with E-state index in [-0.39, 0.29) is 6.10 Å². The van der Waals surface area contributed by atoms with Crippen LogP contribution in [0.25, 0.3) is 0 Å². The first kappa shape index (κ1) is 14.7. The van der Waals surface area contributed by atoms with E-state index in [9.17, 15) is 5.11 Å². The molecule has 0 aromatic carbocycles. The zero-order valence-corrected chi connectivity index (χ0v) is 11.7. The van der Waals surface area contributed by atoms with E-state index in [1.165, 1.54) is 6.33 Å². The highest BCUT2D eigenvalue weighted by atomic mass is 16.3. The van der Waals surface area contributed by atoms with E-state index in [0.717, 1.165) is 30.0 Å². The van der Waals surface area contributed by atoms with E-state index in [0.29, 0.717) is 12.5 Å². The van der Waals surface area contributed by atoms with Gasteiger partial charge in [-0.05, 0) is 12.3 Å². The van der Waals surface area contributed by atoms with Gasteiger partial charge in [0.15, 0.2) is 0 Å². The number of nitrogens with one attached hydrogen (secondary N) is 2. The summed E-state index contributed by atoms with van der Waals surface area (Å²) >= 11 is 0. The van der Waals surface area contributed by atoms with Gasteiger partial charge in [-0.2, -0.15) is 0 Å². The molecule has 1 heterocycles. The summed E-state index contributed by atoms with van der Waals surface area (Å²) in [6.07, 6.45) is 2.98. The lowest BCUT2D eigenvalue weighted by Crippen LogP contribution is -2.21. The van der Waals surface area contributed by atoms with Gasteiger partial charge in [-0.3, -0.25) is 0 Å². The molecule has 1 rings (SSSR count). The minimum atomic E-state index is -0.331. The maximum atomic E-state index is 9.74. The van der Waals surface area contributed by atoms with Gasteiger partial charge in [0.25, 0.3) is 0 Å². The van der Waals surface area contributed by atoms with Crippen molar-refractivity contribution in [2.75, 3.05) is 24.2 Å². The summed E-state index contributed by atoms with van der Waals surface area (Å²) in [5, 5.41) is 16.0. The van der Waals surface area contributed by atoms with Crippen LogP contribution in [0, 0.1) is 0 Å². The van der Waals surface area contributed by atoms with Gasteiger partial charge in [-0.25, -0.2) is 9.97 Å². The van der Waals surface area contributed by atoms with Crippen molar-refractivity contribution in [3.63, 3.8) is 0 Å². The molecule has 102 valence electrons. The molecule has 0 aliphatic carbocycles. The summed E-state index contributed by atoms with van der Waals surface area (Å²) in [5.41, 5.74) is 1.06. The highest BCUT2D eigenvalue weighted by Gasteiger charge is 2.14. The summed E-state index contributed by atoms with van der Waals surface area (Å²) in [7, 11) is 1.85. The number of anilines is 2. The Balaban J connectivity index is 2.81. The number of nitrogens with zero attached hydrogens (tertiary/aromatic N) is 2. The van der Waals surface area contributed by atoms with Crippen molar-refractivity contribution in [1.29, 1.82) is 0 Å². The Bertz CT molecular complexity index is 368. The SMILES string of the molecule is CCCC(O)CNc1ncnc(NC)c1C(C)C. The van der Waals surface area contributed by atoms with Gasteiger partial charge in [0.1, 0.15) is 18.0 Å². The van der Waals surface area contributed by atoms with E-state index >= 15 is 0 Å². The molecule has 1 unspecified atom stereocenters. The van der Waals surface area contributed by atoms with Crippen molar-refractivity contribution >= 4 is 11.6 Å². The first-order valence-electron chi connectivity index (χ1n) is 6.54. The standard InChI is InChI=1S/C13H24N4O/c1-5-6-10(18)7-15-13-11(9(2)3)12(14-4)16-8-17-13/h8-10,18H,5-7H2,1-4H3,(H2,14,15,16,17). The number of aliphatic hydroxyl groups excluding tert-OH is 1. The molecule has 5 nitrogen and oxygen atoms in total. The molecule has 0 saturated heterocycles. The van der Waals surface area contributed by atoms with E-state index in [1.807, 2.05) is 7.05 Å². The lowest BCUT2D eigenvalue weighted by Gasteiger charge is -2.18. The summed E-state index contributed by atoms with van der Waals surface area (Å²) in [5.74, 6) is 1.96. The molecule has 1 aromatic heterocycles. The van der Waals surface area contributed by atoms with Gasteiger partial charge in [0, 0.05) is 19.2 Å². The highest BCUT2D eigenvalue weighted by Crippen LogP contribution is 2.27. The zero-order valence-electron chi connectivity index (χ0n) is 11.7. The molecule has 0 bridgehead atoms. The average molecular weight is 252 g/mol. The number of aliphatic hydroxyl groups is 1. The van der Waals surface area contributed by atoms with Crippen LogP contribution in [0.15, 0.2) is 6.33 Å². The predicted molar refractivity (Wildman–Crippen MR) is 75.1 cm³/mol. The molecule has 0 amide bonds. The van der Waals surface area contributed by atoms with Crippen LogP contribution in [0.5, 0.6) is 0 Å². The third kappa shape index (κ3) is 3.84. The quantitative estimate of drug-likeness (QED) is 0.694. The van der Waals surface area contributed by atoms with Crippen molar-refractivity contribution in [3.8, 4) is 0 Å². The number of hydrogen-bond acceptors (Lipinski definition) is 5. The molecule has 5 heteroatoms. The fourth-order valence-corrected chi connectivity index (χ4v) is 1.93. The molecule has 1 aromatic rings. The molecule has 0 spiro atoms. The third-order valence-corrected chi connectivity index (χ3v) is 2.83. The Morgan fingerprint density at radius 2 is 1.94 bits per heavy atom. The molecular weight excluding hydrogens is 228 g/mol. The summed E-state index contributed by atoms with van der Waals surface area (Å²) in [4.78, 5) is 8.49. The lowest BCUT2D eigenvalue weighted by molar-refractivity contribution is 0.176. The molecule has 0 saturated carbocycles. The molecule has 0 radical (unpaired) electrons. The van der Waals surface area contributed by atoms with Gasteiger partial charge in [-0.1, -0.05) is 27.2 Å². The number of hydrogen-bond donors (Lipinski definition) is 3. The topological polar surface area (TPSA) is 70.1 Å².